The van der Waals surface area contributed by atoms with Crippen LogP contribution in [-0.4, -0.2) is 33.1 Å². The van der Waals surface area contributed by atoms with E-state index in [1.807, 2.05) is 24.3 Å². The van der Waals surface area contributed by atoms with Crippen molar-refractivity contribution in [1.82, 2.24) is 15.1 Å². The van der Waals surface area contributed by atoms with Crippen LogP contribution in [0, 0.1) is 0 Å². The van der Waals surface area contributed by atoms with E-state index in [0.29, 0.717) is 17.3 Å². The van der Waals surface area contributed by atoms with Gasteiger partial charge in [0.1, 0.15) is 0 Å². The normalized spacial score (nSPS) is 16.1. The third-order valence-electron chi connectivity index (χ3n) is 4.26. The van der Waals surface area contributed by atoms with Gasteiger partial charge in [0.2, 0.25) is 0 Å². The summed E-state index contributed by atoms with van der Waals surface area (Å²) in [5.41, 5.74) is 0.928. The Kier molecular flexibility index (Phi) is 5.06. The van der Waals surface area contributed by atoms with Crippen LogP contribution in [0.25, 0.3) is 0 Å². The van der Waals surface area contributed by atoms with Gasteiger partial charge in [-0.25, -0.2) is 4.79 Å². The standard InChI is InChI=1S/C17H21ClN4O2/c18-14-5-3-13(4-6-14)10-22-11-15(9-20-22)21-16(23)19-12-17(24)7-1-2-8-17/h3-6,9,11,24H,1-2,7-8,10,12H2,(H2,19,21,23). The molecule has 6 nitrogen and oxygen atoms in total. The Balaban J connectivity index is 1.50. The van der Waals surface area contributed by atoms with E-state index in [1.54, 1.807) is 17.1 Å². The van der Waals surface area contributed by atoms with Crippen LogP contribution >= 0.6 is 11.6 Å². The minimum absolute atomic E-state index is 0.276. The molecule has 0 unspecified atom stereocenters. The average Bonchev–Trinajstić information content (AvgIpc) is 3.18. The van der Waals surface area contributed by atoms with Crippen molar-refractivity contribution in [3.05, 3.63) is 47.2 Å². The molecule has 1 aromatic carbocycles. The molecule has 1 aromatic heterocycles. The van der Waals surface area contributed by atoms with E-state index in [0.717, 1.165) is 31.2 Å². The first-order valence-electron chi connectivity index (χ1n) is 8.07. The summed E-state index contributed by atoms with van der Waals surface area (Å²) in [6, 6.07) is 7.21. The highest BCUT2D eigenvalue weighted by molar-refractivity contribution is 6.30. The molecule has 0 aliphatic heterocycles. The molecule has 0 bridgehead atoms. The van der Waals surface area contributed by atoms with Gasteiger partial charge in [-0.1, -0.05) is 36.6 Å². The van der Waals surface area contributed by atoms with E-state index >= 15 is 0 Å². The van der Waals surface area contributed by atoms with Crippen molar-refractivity contribution < 1.29 is 9.90 Å². The molecule has 3 rings (SSSR count). The van der Waals surface area contributed by atoms with Crippen LogP contribution in [-0.2, 0) is 6.54 Å². The Morgan fingerprint density at radius 3 is 2.71 bits per heavy atom. The quantitative estimate of drug-likeness (QED) is 0.777. The minimum Gasteiger partial charge on any atom is -0.388 e. The van der Waals surface area contributed by atoms with Gasteiger partial charge in [0.15, 0.2) is 0 Å². The van der Waals surface area contributed by atoms with E-state index < -0.39 is 5.60 Å². The molecule has 1 heterocycles. The molecule has 1 fully saturated rings. The fourth-order valence-corrected chi connectivity index (χ4v) is 3.05. The van der Waals surface area contributed by atoms with Crippen LogP contribution in [0.15, 0.2) is 36.7 Å². The van der Waals surface area contributed by atoms with Crippen LogP contribution in [0.5, 0.6) is 0 Å². The summed E-state index contributed by atoms with van der Waals surface area (Å²) >= 11 is 5.87. The second kappa shape index (κ2) is 7.23. The van der Waals surface area contributed by atoms with Crippen LogP contribution < -0.4 is 10.6 Å². The number of aliphatic hydroxyl groups is 1. The summed E-state index contributed by atoms with van der Waals surface area (Å²) in [5.74, 6) is 0. The zero-order valence-electron chi connectivity index (χ0n) is 13.3. The number of hydrogen-bond acceptors (Lipinski definition) is 3. The molecule has 7 heteroatoms. The fourth-order valence-electron chi connectivity index (χ4n) is 2.92. The number of urea groups is 1. The SMILES string of the molecule is O=C(NCC1(O)CCCC1)Nc1cnn(Cc2ccc(Cl)cc2)c1. The van der Waals surface area contributed by atoms with Crippen molar-refractivity contribution in [1.29, 1.82) is 0 Å². The molecule has 0 atom stereocenters. The highest BCUT2D eigenvalue weighted by Gasteiger charge is 2.31. The lowest BCUT2D eigenvalue weighted by Crippen LogP contribution is -2.42. The Labute approximate surface area is 145 Å². The monoisotopic (exact) mass is 348 g/mol. The number of carbonyl (C=O) groups excluding carboxylic acids is 1. The van der Waals surface area contributed by atoms with Crippen molar-refractivity contribution >= 4 is 23.3 Å². The highest BCUT2D eigenvalue weighted by atomic mass is 35.5. The van der Waals surface area contributed by atoms with Crippen molar-refractivity contribution in [2.24, 2.45) is 0 Å². The molecule has 1 aliphatic carbocycles. The van der Waals surface area contributed by atoms with E-state index in [1.165, 1.54) is 0 Å². The molecular formula is C17H21ClN4O2. The van der Waals surface area contributed by atoms with Crippen molar-refractivity contribution in [3.8, 4) is 0 Å². The Morgan fingerprint density at radius 2 is 2.00 bits per heavy atom. The smallest absolute Gasteiger partial charge is 0.319 e. The van der Waals surface area contributed by atoms with Gasteiger partial charge < -0.3 is 15.7 Å². The highest BCUT2D eigenvalue weighted by Crippen LogP contribution is 2.28. The topological polar surface area (TPSA) is 79.2 Å². The first-order chi connectivity index (χ1) is 11.5. The largest absolute Gasteiger partial charge is 0.388 e. The number of halogens is 1. The van der Waals surface area contributed by atoms with Crippen LogP contribution in [0.1, 0.15) is 31.2 Å². The molecule has 0 radical (unpaired) electrons. The van der Waals surface area contributed by atoms with Gasteiger partial charge in [-0.05, 0) is 30.5 Å². The van der Waals surface area contributed by atoms with Crippen LogP contribution in [0.4, 0.5) is 10.5 Å². The molecule has 0 saturated heterocycles. The summed E-state index contributed by atoms with van der Waals surface area (Å²) < 4.78 is 1.74. The average molecular weight is 349 g/mol. The van der Waals surface area contributed by atoms with Gasteiger partial charge >= 0.3 is 6.03 Å². The maximum absolute atomic E-state index is 11.9. The van der Waals surface area contributed by atoms with E-state index in [4.69, 9.17) is 11.6 Å². The molecule has 1 saturated carbocycles. The minimum atomic E-state index is -0.754. The number of carbonyl (C=O) groups is 1. The lowest BCUT2D eigenvalue weighted by atomic mass is 10.0. The number of nitrogens with one attached hydrogen (secondary N) is 2. The van der Waals surface area contributed by atoms with Gasteiger partial charge in [0.25, 0.3) is 0 Å². The maximum atomic E-state index is 11.9. The van der Waals surface area contributed by atoms with Gasteiger partial charge in [-0.3, -0.25) is 4.68 Å². The zero-order valence-corrected chi connectivity index (χ0v) is 14.1. The molecule has 1 aliphatic rings. The number of aromatic nitrogens is 2. The zero-order chi connectivity index (χ0) is 17.0. The number of amides is 2. The third kappa shape index (κ3) is 4.49. The summed E-state index contributed by atoms with van der Waals surface area (Å²) in [7, 11) is 0. The van der Waals surface area contributed by atoms with Crippen LogP contribution in [0.3, 0.4) is 0 Å². The number of rotatable bonds is 5. The molecule has 2 amide bonds. The van der Waals surface area contributed by atoms with Crippen LogP contribution in [0.2, 0.25) is 5.02 Å². The van der Waals surface area contributed by atoms with E-state index in [9.17, 15) is 9.90 Å². The van der Waals surface area contributed by atoms with Gasteiger partial charge in [0, 0.05) is 17.8 Å². The predicted molar refractivity (Wildman–Crippen MR) is 93.2 cm³/mol. The van der Waals surface area contributed by atoms with E-state index in [-0.39, 0.29) is 12.6 Å². The lowest BCUT2D eigenvalue weighted by molar-refractivity contribution is 0.0506. The summed E-state index contributed by atoms with van der Waals surface area (Å²) in [5, 5.41) is 20.6. The predicted octanol–water partition coefficient (Wildman–Crippen LogP) is 3.01. The molecular weight excluding hydrogens is 328 g/mol. The Bertz CT molecular complexity index is 693. The summed E-state index contributed by atoms with van der Waals surface area (Å²) in [6.45, 7) is 0.873. The number of anilines is 1. The lowest BCUT2D eigenvalue weighted by Gasteiger charge is -2.22. The summed E-state index contributed by atoms with van der Waals surface area (Å²) in [6.07, 6.45) is 6.87. The number of benzene rings is 1. The van der Waals surface area contributed by atoms with Gasteiger partial charge in [-0.2, -0.15) is 5.10 Å². The Hall–Kier alpha value is -2.05. The number of nitrogens with zero attached hydrogens (tertiary/aromatic N) is 2. The second-order valence-electron chi connectivity index (χ2n) is 6.29. The molecule has 128 valence electrons. The second-order valence-corrected chi connectivity index (χ2v) is 6.73. The van der Waals surface area contributed by atoms with Gasteiger partial charge in [-0.15, -0.1) is 0 Å². The number of hydrogen-bond donors (Lipinski definition) is 3. The van der Waals surface area contributed by atoms with Crippen molar-refractivity contribution in [2.45, 2.75) is 37.8 Å². The third-order valence-corrected chi connectivity index (χ3v) is 4.51. The molecule has 24 heavy (non-hydrogen) atoms. The van der Waals surface area contributed by atoms with E-state index in [2.05, 4.69) is 15.7 Å². The van der Waals surface area contributed by atoms with Crippen molar-refractivity contribution in [3.63, 3.8) is 0 Å². The molecule has 3 N–H and O–H groups in total. The molecule has 0 spiro atoms. The van der Waals surface area contributed by atoms with Gasteiger partial charge in [0.05, 0.1) is 24.0 Å². The molecule has 2 aromatic rings. The first-order valence-corrected chi connectivity index (χ1v) is 8.44. The van der Waals surface area contributed by atoms with Crippen molar-refractivity contribution in [2.75, 3.05) is 11.9 Å². The first kappa shape index (κ1) is 16.8. The Morgan fingerprint density at radius 1 is 1.29 bits per heavy atom. The maximum Gasteiger partial charge on any atom is 0.319 e. The summed E-state index contributed by atoms with van der Waals surface area (Å²) in [4.78, 5) is 11.9. The fraction of sp³-hybridized carbons (Fsp3) is 0.412.